The molecule has 3 N–H and O–H groups in total. The van der Waals surface area contributed by atoms with E-state index in [2.05, 4.69) is 30.9 Å². The Balaban J connectivity index is 1.53. The summed E-state index contributed by atoms with van der Waals surface area (Å²) in [6.45, 7) is 2.70. The van der Waals surface area contributed by atoms with Crippen molar-refractivity contribution in [3.63, 3.8) is 0 Å². The van der Waals surface area contributed by atoms with Gasteiger partial charge >= 0.3 is 0 Å². The predicted molar refractivity (Wildman–Crippen MR) is 106 cm³/mol. The van der Waals surface area contributed by atoms with Crippen LogP contribution in [0.25, 0.3) is 0 Å². The second-order valence-corrected chi connectivity index (χ2v) is 5.90. The number of anilines is 3. The Bertz CT molecular complexity index is 999. The Labute approximate surface area is 162 Å². The number of pyridine rings is 1. The number of nitrogens with one attached hydrogen (secondary N) is 3. The van der Waals surface area contributed by atoms with Crippen LogP contribution in [0.2, 0.25) is 0 Å². The van der Waals surface area contributed by atoms with Crippen LogP contribution in [-0.2, 0) is 0 Å². The number of amides is 1. The van der Waals surface area contributed by atoms with Crippen LogP contribution in [0.1, 0.15) is 21.7 Å². The summed E-state index contributed by atoms with van der Waals surface area (Å²) in [5.74, 6) is 2.35. The fourth-order valence-electron chi connectivity index (χ4n) is 2.49. The summed E-state index contributed by atoms with van der Waals surface area (Å²) < 4.78 is 0. The molecular weight excluding hydrogens is 354 g/mol. The molecule has 0 fully saturated rings. The molecule has 0 radical (unpaired) electrons. The number of nitrogens with zero attached hydrogens (tertiary/aromatic N) is 4. The van der Waals surface area contributed by atoms with Gasteiger partial charge in [-0.1, -0.05) is 12.1 Å². The minimum atomic E-state index is -0.227. The zero-order valence-corrected chi connectivity index (χ0v) is 15.3. The lowest BCUT2D eigenvalue weighted by molar-refractivity contribution is 0.0955. The van der Waals surface area contributed by atoms with E-state index in [-0.39, 0.29) is 5.91 Å². The van der Waals surface area contributed by atoms with Crippen molar-refractivity contribution in [3.8, 4) is 6.07 Å². The SMILES string of the molecule is Cc1nc(NCCNC(=O)c2cccc(C#N)c2)cc(Nc2ccccn2)n1. The van der Waals surface area contributed by atoms with Gasteiger partial charge in [0.05, 0.1) is 11.6 Å². The second kappa shape index (κ2) is 9.09. The molecule has 0 unspecified atom stereocenters. The maximum Gasteiger partial charge on any atom is 0.251 e. The summed E-state index contributed by atoms with van der Waals surface area (Å²) in [5.41, 5.74) is 0.911. The molecule has 3 rings (SSSR count). The lowest BCUT2D eigenvalue weighted by Crippen LogP contribution is -2.29. The van der Waals surface area contributed by atoms with E-state index in [1.165, 1.54) is 0 Å². The molecule has 1 amide bonds. The number of nitriles is 1. The molecule has 0 aliphatic rings. The molecule has 8 heteroatoms. The third-order valence-corrected chi connectivity index (χ3v) is 3.73. The highest BCUT2D eigenvalue weighted by atomic mass is 16.1. The summed E-state index contributed by atoms with van der Waals surface area (Å²) in [4.78, 5) is 25.0. The molecule has 0 bridgehead atoms. The molecule has 0 aliphatic carbocycles. The van der Waals surface area contributed by atoms with E-state index in [0.29, 0.717) is 47.5 Å². The molecule has 2 heterocycles. The van der Waals surface area contributed by atoms with E-state index in [1.54, 1.807) is 43.5 Å². The molecule has 0 saturated heterocycles. The van der Waals surface area contributed by atoms with Gasteiger partial charge in [0.15, 0.2) is 0 Å². The zero-order valence-electron chi connectivity index (χ0n) is 15.3. The minimum Gasteiger partial charge on any atom is -0.368 e. The van der Waals surface area contributed by atoms with Gasteiger partial charge in [0, 0.05) is 30.9 Å². The number of carbonyl (C=O) groups is 1. The van der Waals surface area contributed by atoms with E-state index >= 15 is 0 Å². The molecule has 0 atom stereocenters. The third kappa shape index (κ3) is 5.25. The van der Waals surface area contributed by atoms with Gasteiger partial charge in [0.25, 0.3) is 5.91 Å². The number of hydrogen-bond acceptors (Lipinski definition) is 7. The van der Waals surface area contributed by atoms with E-state index in [4.69, 9.17) is 5.26 Å². The first kappa shape index (κ1) is 18.8. The monoisotopic (exact) mass is 373 g/mol. The van der Waals surface area contributed by atoms with Crippen molar-refractivity contribution in [1.82, 2.24) is 20.3 Å². The van der Waals surface area contributed by atoms with Crippen molar-refractivity contribution in [2.45, 2.75) is 6.92 Å². The van der Waals surface area contributed by atoms with Gasteiger partial charge in [-0.15, -0.1) is 0 Å². The van der Waals surface area contributed by atoms with E-state index < -0.39 is 0 Å². The minimum absolute atomic E-state index is 0.227. The Kier molecular flexibility index (Phi) is 6.10. The van der Waals surface area contributed by atoms with E-state index in [1.807, 2.05) is 24.3 Å². The van der Waals surface area contributed by atoms with Crippen molar-refractivity contribution >= 4 is 23.4 Å². The van der Waals surface area contributed by atoms with Crippen molar-refractivity contribution in [3.05, 3.63) is 71.7 Å². The average molecular weight is 373 g/mol. The molecule has 0 spiro atoms. The van der Waals surface area contributed by atoms with Crippen molar-refractivity contribution in [2.24, 2.45) is 0 Å². The molecule has 140 valence electrons. The van der Waals surface area contributed by atoms with Gasteiger partial charge in [-0.2, -0.15) is 5.26 Å². The Hall–Kier alpha value is -3.99. The van der Waals surface area contributed by atoms with Crippen molar-refractivity contribution < 1.29 is 4.79 Å². The van der Waals surface area contributed by atoms with Crippen LogP contribution < -0.4 is 16.0 Å². The lowest BCUT2D eigenvalue weighted by atomic mass is 10.1. The largest absolute Gasteiger partial charge is 0.368 e. The van der Waals surface area contributed by atoms with Crippen LogP contribution in [0.5, 0.6) is 0 Å². The number of aryl methyl sites for hydroxylation is 1. The Morgan fingerprint density at radius 3 is 2.68 bits per heavy atom. The number of carbonyl (C=O) groups excluding carboxylic acids is 1. The summed E-state index contributed by atoms with van der Waals surface area (Å²) in [6, 6.07) is 16.0. The molecule has 8 nitrogen and oxygen atoms in total. The molecule has 1 aromatic carbocycles. The van der Waals surface area contributed by atoms with Crippen molar-refractivity contribution in [1.29, 1.82) is 5.26 Å². The van der Waals surface area contributed by atoms with Crippen LogP contribution >= 0.6 is 0 Å². The number of benzene rings is 1. The topological polar surface area (TPSA) is 116 Å². The number of aromatic nitrogens is 3. The standard InChI is InChI=1S/C20H19N7O/c1-14-25-18(12-19(26-14)27-17-7-2-3-8-22-17)23-9-10-24-20(28)16-6-4-5-15(11-16)13-21/h2-8,11-12H,9-10H2,1H3,(H,24,28)(H2,22,23,25,26,27). The Morgan fingerprint density at radius 2 is 1.89 bits per heavy atom. The molecule has 0 saturated carbocycles. The molecule has 0 aliphatic heterocycles. The first-order valence-electron chi connectivity index (χ1n) is 8.70. The quantitative estimate of drug-likeness (QED) is 0.545. The van der Waals surface area contributed by atoms with Gasteiger partial charge in [-0.25, -0.2) is 15.0 Å². The van der Waals surface area contributed by atoms with Crippen LogP contribution in [-0.4, -0.2) is 33.9 Å². The fourth-order valence-corrected chi connectivity index (χ4v) is 2.49. The summed E-state index contributed by atoms with van der Waals surface area (Å²) >= 11 is 0. The summed E-state index contributed by atoms with van der Waals surface area (Å²) in [5, 5.41) is 18.0. The van der Waals surface area contributed by atoms with Crippen molar-refractivity contribution in [2.75, 3.05) is 23.7 Å². The fraction of sp³-hybridized carbons (Fsp3) is 0.150. The van der Waals surface area contributed by atoms with Gasteiger partial charge in [0.1, 0.15) is 23.3 Å². The van der Waals surface area contributed by atoms with Crippen LogP contribution in [0.3, 0.4) is 0 Å². The molecule has 2 aromatic heterocycles. The Morgan fingerprint density at radius 1 is 1.04 bits per heavy atom. The van der Waals surface area contributed by atoms with Gasteiger partial charge in [-0.3, -0.25) is 4.79 Å². The molecular formula is C20H19N7O. The average Bonchev–Trinajstić information content (AvgIpc) is 2.71. The number of rotatable bonds is 7. The maximum absolute atomic E-state index is 12.1. The van der Waals surface area contributed by atoms with Gasteiger partial charge in [-0.05, 0) is 37.3 Å². The van der Waals surface area contributed by atoms with E-state index in [0.717, 1.165) is 0 Å². The highest BCUT2D eigenvalue weighted by molar-refractivity contribution is 5.94. The summed E-state index contributed by atoms with van der Waals surface area (Å²) in [6.07, 6.45) is 1.70. The highest BCUT2D eigenvalue weighted by Gasteiger charge is 2.06. The van der Waals surface area contributed by atoms with Crippen LogP contribution in [0.15, 0.2) is 54.7 Å². The smallest absolute Gasteiger partial charge is 0.251 e. The van der Waals surface area contributed by atoms with Crippen LogP contribution in [0.4, 0.5) is 17.5 Å². The number of hydrogen-bond donors (Lipinski definition) is 3. The normalized spacial score (nSPS) is 10.0. The first-order chi connectivity index (χ1) is 13.6. The highest BCUT2D eigenvalue weighted by Crippen LogP contribution is 2.15. The second-order valence-electron chi connectivity index (χ2n) is 5.90. The first-order valence-corrected chi connectivity index (χ1v) is 8.70. The van der Waals surface area contributed by atoms with Crippen LogP contribution in [0, 0.1) is 18.3 Å². The lowest BCUT2D eigenvalue weighted by Gasteiger charge is -2.10. The summed E-state index contributed by atoms with van der Waals surface area (Å²) in [7, 11) is 0. The molecule has 28 heavy (non-hydrogen) atoms. The van der Waals surface area contributed by atoms with Gasteiger partial charge < -0.3 is 16.0 Å². The maximum atomic E-state index is 12.1. The zero-order chi connectivity index (χ0) is 19.8. The van der Waals surface area contributed by atoms with E-state index in [9.17, 15) is 4.79 Å². The predicted octanol–water partition coefficient (Wildman–Crippen LogP) is 2.64. The van der Waals surface area contributed by atoms with Gasteiger partial charge in [0.2, 0.25) is 0 Å². The molecule has 3 aromatic rings. The third-order valence-electron chi connectivity index (χ3n) is 3.73.